The molecule has 0 unspecified atom stereocenters. The van der Waals surface area contributed by atoms with Gasteiger partial charge in [0.1, 0.15) is 0 Å². The molecular formula is C18H24N4O. The molecule has 0 fully saturated rings. The van der Waals surface area contributed by atoms with E-state index < -0.39 is 0 Å². The van der Waals surface area contributed by atoms with Crippen LogP contribution in [0.15, 0.2) is 53.7 Å². The van der Waals surface area contributed by atoms with Gasteiger partial charge in [-0.1, -0.05) is 24.3 Å². The van der Waals surface area contributed by atoms with Gasteiger partial charge in [-0.2, -0.15) is 0 Å². The lowest BCUT2D eigenvalue weighted by atomic mass is 10.1. The summed E-state index contributed by atoms with van der Waals surface area (Å²) in [7, 11) is 1.69. The van der Waals surface area contributed by atoms with Crippen molar-refractivity contribution < 1.29 is 4.74 Å². The van der Waals surface area contributed by atoms with Crippen LogP contribution in [0.25, 0.3) is 11.3 Å². The van der Waals surface area contributed by atoms with Crippen LogP contribution in [0.1, 0.15) is 12.5 Å². The van der Waals surface area contributed by atoms with E-state index in [4.69, 9.17) is 4.74 Å². The Hall–Kier alpha value is -2.40. The van der Waals surface area contributed by atoms with Crippen molar-refractivity contribution in [3.8, 4) is 11.3 Å². The van der Waals surface area contributed by atoms with Gasteiger partial charge in [-0.25, -0.2) is 4.99 Å². The summed E-state index contributed by atoms with van der Waals surface area (Å²) in [5.41, 5.74) is 3.23. The molecule has 0 spiro atoms. The predicted molar refractivity (Wildman–Crippen MR) is 94.4 cm³/mol. The van der Waals surface area contributed by atoms with Crippen LogP contribution in [0.4, 0.5) is 0 Å². The second kappa shape index (κ2) is 9.58. The van der Waals surface area contributed by atoms with Crippen LogP contribution in [-0.4, -0.2) is 37.7 Å². The second-order valence-corrected chi connectivity index (χ2v) is 5.03. The zero-order chi connectivity index (χ0) is 16.3. The first-order chi connectivity index (χ1) is 11.3. The first-order valence-electron chi connectivity index (χ1n) is 7.85. The van der Waals surface area contributed by atoms with Crippen molar-refractivity contribution in [2.45, 2.75) is 13.5 Å². The van der Waals surface area contributed by atoms with Crippen molar-refractivity contribution in [2.24, 2.45) is 4.99 Å². The summed E-state index contributed by atoms with van der Waals surface area (Å²) in [6.45, 7) is 4.88. The molecule has 0 aliphatic rings. The third-order valence-electron chi connectivity index (χ3n) is 3.25. The van der Waals surface area contributed by atoms with Crippen LogP contribution in [0.2, 0.25) is 0 Å². The Morgan fingerprint density at radius 2 is 2.09 bits per heavy atom. The number of methoxy groups -OCH3 is 1. The Kier molecular flexibility index (Phi) is 7.07. The molecule has 1 aromatic carbocycles. The highest BCUT2D eigenvalue weighted by Crippen LogP contribution is 2.18. The predicted octanol–water partition coefficient (Wildman–Crippen LogP) is 2.45. The molecule has 0 bridgehead atoms. The fourth-order valence-electron chi connectivity index (χ4n) is 2.15. The fourth-order valence-corrected chi connectivity index (χ4v) is 2.15. The maximum atomic E-state index is 5.05. The van der Waals surface area contributed by atoms with Gasteiger partial charge < -0.3 is 15.4 Å². The molecule has 122 valence electrons. The molecule has 0 amide bonds. The lowest BCUT2D eigenvalue weighted by Gasteiger charge is -2.11. The smallest absolute Gasteiger partial charge is 0.191 e. The Labute approximate surface area is 137 Å². The second-order valence-electron chi connectivity index (χ2n) is 5.03. The number of hydrogen-bond acceptors (Lipinski definition) is 3. The maximum Gasteiger partial charge on any atom is 0.191 e. The van der Waals surface area contributed by atoms with E-state index in [1.165, 1.54) is 0 Å². The molecule has 1 heterocycles. The van der Waals surface area contributed by atoms with Crippen LogP contribution in [0.3, 0.4) is 0 Å². The Bertz CT molecular complexity index is 613. The fraction of sp³-hybridized carbons (Fsp3) is 0.333. The molecule has 5 nitrogen and oxygen atoms in total. The molecule has 2 aromatic rings. The molecule has 0 radical (unpaired) electrons. The average Bonchev–Trinajstić information content (AvgIpc) is 2.61. The van der Waals surface area contributed by atoms with Crippen molar-refractivity contribution in [1.29, 1.82) is 0 Å². The summed E-state index contributed by atoms with van der Waals surface area (Å²) in [5, 5.41) is 6.47. The normalized spacial score (nSPS) is 11.3. The van der Waals surface area contributed by atoms with Gasteiger partial charge in [0.05, 0.1) is 18.8 Å². The number of benzene rings is 1. The number of aromatic nitrogens is 1. The Morgan fingerprint density at radius 3 is 2.83 bits per heavy atom. The minimum Gasteiger partial charge on any atom is -0.383 e. The molecule has 2 rings (SSSR count). The van der Waals surface area contributed by atoms with E-state index in [0.717, 1.165) is 35.9 Å². The lowest BCUT2D eigenvalue weighted by molar-refractivity contribution is 0.203. The van der Waals surface area contributed by atoms with Crippen molar-refractivity contribution >= 4 is 5.96 Å². The molecule has 0 saturated carbocycles. The summed E-state index contributed by atoms with van der Waals surface area (Å²) < 4.78 is 5.05. The quantitative estimate of drug-likeness (QED) is 0.468. The topological polar surface area (TPSA) is 58.5 Å². The van der Waals surface area contributed by atoms with Crippen molar-refractivity contribution in [1.82, 2.24) is 15.6 Å². The van der Waals surface area contributed by atoms with Gasteiger partial charge in [-0.15, -0.1) is 0 Å². The number of nitrogens with zero attached hydrogens (tertiary/aromatic N) is 2. The zero-order valence-electron chi connectivity index (χ0n) is 13.7. The number of nitrogens with one attached hydrogen (secondary N) is 2. The SMILES string of the molecule is CCNC(=NCc1cccc(-c2ccccn2)c1)NCCOC. The highest BCUT2D eigenvalue weighted by Gasteiger charge is 2.01. The van der Waals surface area contributed by atoms with Gasteiger partial charge in [-0.05, 0) is 30.7 Å². The van der Waals surface area contributed by atoms with Gasteiger partial charge in [0.2, 0.25) is 0 Å². The van der Waals surface area contributed by atoms with Crippen molar-refractivity contribution in [3.63, 3.8) is 0 Å². The monoisotopic (exact) mass is 312 g/mol. The Morgan fingerprint density at radius 1 is 1.17 bits per heavy atom. The first-order valence-corrected chi connectivity index (χ1v) is 7.85. The molecule has 0 aliphatic carbocycles. The van der Waals surface area contributed by atoms with Gasteiger partial charge >= 0.3 is 0 Å². The molecule has 23 heavy (non-hydrogen) atoms. The number of hydrogen-bond donors (Lipinski definition) is 2. The Balaban J connectivity index is 2.05. The number of aliphatic imine (C=N–C) groups is 1. The third-order valence-corrected chi connectivity index (χ3v) is 3.25. The third kappa shape index (κ3) is 5.71. The van der Waals surface area contributed by atoms with Gasteiger partial charge in [0.15, 0.2) is 5.96 Å². The highest BCUT2D eigenvalue weighted by molar-refractivity contribution is 5.79. The van der Waals surface area contributed by atoms with Crippen LogP contribution in [0, 0.1) is 0 Å². The van der Waals surface area contributed by atoms with Crippen LogP contribution in [-0.2, 0) is 11.3 Å². The highest BCUT2D eigenvalue weighted by atomic mass is 16.5. The molecule has 0 atom stereocenters. The standard InChI is InChI=1S/C18H24N4O/c1-3-19-18(21-11-12-23-2)22-14-15-7-6-8-16(13-15)17-9-4-5-10-20-17/h4-10,13H,3,11-12,14H2,1-2H3,(H2,19,21,22). The van der Waals surface area contributed by atoms with Crippen LogP contribution >= 0.6 is 0 Å². The largest absolute Gasteiger partial charge is 0.383 e. The summed E-state index contributed by atoms with van der Waals surface area (Å²) in [4.78, 5) is 9.00. The molecule has 0 aliphatic heterocycles. The van der Waals surface area contributed by atoms with Gasteiger partial charge in [0.25, 0.3) is 0 Å². The van der Waals surface area contributed by atoms with E-state index >= 15 is 0 Å². The van der Waals surface area contributed by atoms with Crippen LogP contribution in [0.5, 0.6) is 0 Å². The van der Waals surface area contributed by atoms with E-state index in [0.29, 0.717) is 13.2 Å². The molecular weight excluding hydrogens is 288 g/mol. The number of rotatable bonds is 7. The minimum absolute atomic E-state index is 0.614. The number of pyridine rings is 1. The average molecular weight is 312 g/mol. The van der Waals surface area contributed by atoms with E-state index in [2.05, 4.69) is 45.7 Å². The zero-order valence-corrected chi connectivity index (χ0v) is 13.7. The number of ether oxygens (including phenoxy) is 1. The van der Waals surface area contributed by atoms with Crippen molar-refractivity contribution in [2.75, 3.05) is 26.8 Å². The summed E-state index contributed by atoms with van der Waals surface area (Å²) in [5.74, 6) is 0.799. The van der Waals surface area contributed by atoms with Crippen molar-refractivity contribution in [3.05, 3.63) is 54.2 Å². The lowest BCUT2D eigenvalue weighted by Crippen LogP contribution is -2.38. The first kappa shape index (κ1) is 17.0. The maximum absolute atomic E-state index is 5.05. The molecule has 0 saturated heterocycles. The van der Waals surface area contributed by atoms with Gasteiger partial charge in [-0.3, -0.25) is 4.98 Å². The van der Waals surface area contributed by atoms with E-state index in [1.54, 1.807) is 7.11 Å². The minimum atomic E-state index is 0.614. The summed E-state index contributed by atoms with van der Waals surface area (Å²) >= 11 is 0. The van der Waals surface area contributed by atoms with E-state index in [9.17, 15) is 0 Å². The molecule has 1 aromatic heterocycles. The van der Waals surface area contributed by atoms with E-state index in [1.807, 2.05) is 30.5 Å². The summed E-state index contributed by atoms with van der Waals surface area (Å²) in [6, 6.07) is 14.2. The van der Waals surface area contributed by atoms with Crippen LogP contribution < -0.4 is 10.6 Å². The number of guanidine groups is 1. The molecule has 5 heteroatoms. The van der Waals surface area contributed by atoms with E-state index in [-0.39, 0.29) is 0 Å². The summed E-state index contributed by atoms with van der Waals surface area (Å²) in [6.07, 6.45) is 1.81. The molecule has 2 N–H and O–H groups in total. The van der Waals surface area contributed by atoms with Gasteiger partial charge in [0, 0.05) is 32.0 Å².